The van der Waals surface area contributed by atoms with Gasteiger partial charge in [-0.3, -0.25) is 0 Å². The van der Waals surface area contributed by atoms with Crippen LogP contribution in [0.5, 0.6) is 0 Å². The molecule has 0 saturated heterocycles. The average Bonchev–Trinajstić information content (AvgIpc) is 1.76. The van der Waals surface area contributed by atoms with Crippen molar-refractivity contribution in [3.8, 4) is 0 Å². The van der Waals surface area contributed by atoms with Gasteiger partial charge in [0.15, 0.2) is 0 Å². The Balaban J connectivity index is 0.000000250. The fourth-order valence-electron chi connectivity index (χ4n) is 0.321. The van der Waals surface area contributed by atoms with Crippen LogP contribution in [0.3, 0.4) is 0 Å². The van der Waals surface area contributed by atoms with Crippen LogP contribution in [0.25, 0.3) is 0 Å². The topological polar surface area (TPSA) is 0 Å². The first-order valence-electron chi connectivity index (χ1n) is 1.67. The zero-order valence-corrected chi connectivity index (χ0v) is 4.73. The van der Waals surface area contributed by atoms with Crippen LogP contribution in [0.2, 0.25) is 0 Å². The van der Waals surface area contributed by atoms with Crippen molar-refractivity contribution < 1.29 is 18.6 Å². The summed E-state index contributed by atoms with van der Waals surface area (Å²) in [6.45, 7) is 0. The van der Waals surface area contributed by atoms with E-state index in [-0.39, 0.29) is 18.6 Å². The molecule has 1 rings (SSSR count). The van der Waals surface area contributed by atoms with Crippen LogP contribution in [0.1, 0.15) is 0 Å². The average molecular weight is 116 g/mol. The molecule has 0 fully saturated rings. The third kappa shape index (κ3) is 1.39. The van der Waals surface area contributed by atoms with Crippen LogP contribution >= 0.6 is 0 Å². The molecular weight excluding hydrogens is 111 g/mol. The molecule has 0 bridgehead atoms. The van der Waals surface area contributed by atoms with E-state index in [0.717, 1.165) is 0 Å². The van der Waals surface area contributed by atoms with E-state index in [1.54, 1.807) is 0 Å². The van der Waals surface area contributed by atoms with E-state index < -0.39 is 0 Å². The van der Waals surface area contributed by atoms with Crippen molar-refractivity contribution in [2.45, 2.75) is 0 Å². The Morgan fingerprint density at radius 1 is 1.00 bits per heavy atom. The molecular formula is C5H5V-. The third-order valence-electron chi connectivity index (χ3n) is 0.556. The Morgan fingerprint density at radius 2 is 1.50 bits per heavy atom. The molecule has 0 saturated carbocycles. The predicted molar refractivity (Wildman–Crippen MR) is 22.0 cm³/mol. The van der Waals surface area contributed by atoms with Crippen molar-refractivity contribution in [3.05, 3.63) is 30.3 Å². The largest absolute Gasteiger partial charge is 0.214 e. The minimum atomic E-state index is 0. The molecule has 0 spiro atoms. The van der Waals surface area contributed by atoms with Crippen molar-refractivity contribution in [1.29, 1.82) is 0 Å². The SMILES string of the molecule is [V].c1cc[cH-]c1. The van der Waals surface area contributed by atoms with Crippen LogP contribution in [0.15, 0.2) is 30.3 Å². The molecule has 0 unspecified atom stereocenters. The Hall–Kier alpha value is -0.0656. The number of rotatable bonds is 0. The van der Waals surface area contributed by atoms with Gasteiger partial charge in [0.05, 0.1) is 0 Å². The minimum Gasteiger partial charge on any atom is -0.214 e. The molecule has 1 heteroatoms. The summed E-state index contributed by atoms with van der Waals surface area (Å²) >= 11 is 0. The van der Waals surface area contributed by atoms with Crippen LogP contribution < -0.4 is 0 Å². The maximum Gasteiger partial charge on any atom is 0 e. The zero-order valence-electron chi connectivity index (χ0n) is 3.33. The normalized spacial score (nSPS) is 6.67. The first-order chi connectivity index (χ1) is 2.50. The summed E-state index contributed by atoms with van der Waals surface area (Å²) in [7, 11) is 0. The van der Waals surface area contributed by atoms with E-state index in [1.165, 1.54) is 0 Å². The summed E-state index contributed by atoms with van der Waals surface area (Å²) in [5.41, 5.74) is 0. The molecule has 0 aliphatic carbocycles. The van der Waals surface area contributed by atoms with Crippen molar-refractivity contribution >= 4 is 0 Å². The second kappa shape index (κ2) is 3.14. The van der Waals surface area contributed by atoms with Crippen molar-refractivity contribution in [2.24, 2.45) is 0 Å². The fraction of sp³-hybridized carbons (Fsp3) is 0. The van der Waals surface area contributed by atoms with Gasteiger partial charge in [-0.25, -0.2) is 12.1 Å². The standard InChI is InChI=1S/C5H5.V/c1-2-4-5-3-1;/h1-5H;/q-1;. The third-order valence-corrected chi connectivity index (χ3v) is 0.556. The summed E-state index contributed by atoms with van der Waals surface area (Å²) in [5.74, 6) is 0. The quantitative estimate of drug-likeness (QED) is 0.449. The summed E-state index contributed by atoms with van der Waals surface area (Å²) < 4.78 is 0. The Bertz CT molecular complexity index is 60.4. The Kier molecular flexibility index (Phi) is 3.10. The van der Waals surface area contributed by atoms with Crippen LogP contribution in [0, 0.1) is 0 Å². The second-order valence-electron chi connectivity index (χ2n) is 0.962. The molecule has 0 atom stereocenters. The predicted octanol–water partition coefficient (Wildman–Crippen LogP) is 1.40. The fourth-order valence-corrected chi connectivity index (χ4v) is 0.321. The van der Waals surface area contributed by atoms with Gasteiger partial charge in [-0.2, -0.15) is 18.2 Å². The van der Waals surface area contributed by atoms with Crippen LogP contribution in [0.4, 0.5) is 0 Å². The van der Waals surface area contributed by atoms with E-state index in [4.69, 9.17) is 0 Å². The van der Waals surface area contributed by atoms with Gasteiger partial charge in [0, 0.05) is 18.6 Å². The van der Waals surface area contributed by atoms with Gasteiger partial charge < -0.3 is 0 Å². The molecule has 0 N–H and O–H groups in total. The molecule has 0 aromatic heterocycles. The smallest absolute Gasteiger partial charge is 0 e. The van der Waals surface area contributed by atoms with Gasteiger partial charge in [0.2, 0.25) is 0 Å². The summed E-state index contributed by atoms with van der Waals surface area (Å²) in [5, 5.41) is 0. The molecule has 6 heavy (non-hydrogen) atoms. The minimum absolute atomic E-state index is 0. The molecule has 0 aliphatic heterocycles. The van der Waals surface area contributed by atoms with E-state index in [2.05, 4.69) is 0 Å². The molecule has 31 valence electrons. The molecule has 1 aromatic rings. The van der Waals surface area contributed by atoms with Gasteiger partial charge in [-0.05, 0) is 0 Å². The molecule has 0 amide bonds. The molecule has 1 aromatic carbocycles. The van der Waals surface area contributed by atoms with E-state index in [0.29, 0.717) is 0 Å². The van der Waals surface area contributed by atoms with Gasteiger partial charge in [-0.15, -0.1) is 0 Å². The van der Waals surface area contributed by atoms with E-state index >= 15 is 0 Å². The maximum atomic E-state index is 2.00. The Labute approximate surface area is 49.4 Å². The monoisotopic (exact) mass is 116 g/mol. The van der Waals surface area contributed by atoms with Crippen molar-refractivity contribution in [3.63, 3.8) is 0 Å². The first kappa shape index (κ1) is 5.93. The van der Waals surface area contributed by atoms with Crippen LogP contribution in [-0.2, 0) is 18.6 Å². The van der Waals surface area contributed by atoms with E-state index in [1.807, 2.05) is 30.3 Å². The van der Waals surface area contributed by atoms with Crippen molar-refractivity contribution in [1.82, 2.24) is 0 Å². The number of hydrogen-bond donors (Lipinski definition) is 0. The van der Waals surface area contributed by atoms with Gasteiger partial charge >= 0.3 is 0 Å². The molecule has 1 radical (unpaired) electrons. The molecule has 0 heterocycles. The molecule has 0 aliphatic rings. The van der Waals surface area contributed by atoms with Gasteiger partial charge in [-0.1, -0.05) is 0 Å². The van der Waals surface area contributed by atoms with Gasteiger partial charge in [0.25, 0.3) is 0 Å². The Morgan fingerprint density at radius 3 is 1.67 bits per heavy atom. The van der Waals surface area contributed by atoms with Gasteiger partial charge in [0.1, 0.15) is 0 Å². The number of hydrogen-bond acceptors (Lipinski definition) is 0. The molecule has 0 nitrogen and oxygen atoms in total. The van der Waals surface area contributed by atoms with E-state index in [9.17, 15) is 0 Å². The summed E-state index contributed by atoms with van der Waals surface area (Å²) in [6.07, 6.45) is 0. The van der Waals surface area contributed by atoms with Crippen LogP contribution in [-0.4, -0.2) is 0 Å². The van der Waals surface area contributed by atoms with Crippen molar-refractivity contribution in [2.75, 3.05) is 0 Å². The second-order valence-corrected chi connectivity index (χ2v) is 0.962. The first-order valence-corrected chi connectivity index (χ1v) is 1.67. The zero-order chi connectivity index (χ0) is 3.54. The maximum absolute atomic E-state index is 2.00. The summed E-state index contributed by atoms with van der Waals surface area (Å²) in [4.78, 5) is 0. The summed E-state index contributed by atoms with van der Waals surface area (Å²) in [6, 6.07) is 10.0.